The minimum absolute atomic E-state index is 0.104. The Morgan fingerprint density at radius 3 is 1.73 bits per heavy atom. The molecule has 4 unspecified atom stereocenters. The fourth-order valence-corrected chi connectivity index (χ4v) is 15.5. The summed E-state index contributed by atoms with van der Waals surface area (Å²) in [6.07, 6.45) is 10.9. The Morgan fingerprint density at radius 2 is 1.00 bits per heavy atom. The van der Waals surface area contributed by atoms with Crippen LogP contribution in [0.5, 0.6) is 0 Å². The highest BCUT2D eigenvalue weighted by Gasteiger charge is 2.59. The van der Waals surface area contributed by atoms with Crippen LogP contribution < -0.4 is 26.2 Å². The molecule has 0 amide bonds. The lowest BCUT2D eigenvalue weighted by atomic mass is 9.32. The lowest BCUT2D eigenvalue weighted by Gasteiger charge is -2.45. The minimum Gasteiger partial charge on any atom is -0.311 e. The number of benzene rings is 7. The van der Waals surface area contributed by atoms with Gasteiger partial charge in [0.15, 0.2) is 0 Å². The maximum absolute atomic E-state index is 2.69. The molecule has 282 valence electrons. The predicted octanol–water partition coefficient (Wildman–Crippen LogP) is 11.9. The Bertz CT molecular complexity index is 2990. The standard InChI is InChI=1S/C56H45BN2/c1-2-11-38(12-3-1)58-48-18-9-8-17-47(48)57-53-49(58)19-10-20-50(53)59(39-25-26-45-42(31-39)40-13-4-6-15-43(40)55(45)32-34-21-23-36(55)29-34)51-28-27-46-52(54(51)57)41-14-5-7-16-44(41)56(46)33-35-22-24-37(56)30-35/h1-20,25-28,31,34-37H,21-24,29-30,32-33H2/t34?,35?,36?,37?,55-,56+/m1/s1. The topological polar surface area (TPSA) is 6.48 Å². The molecule has 0 aromatic heterocycles. The molecule has 7 aromatic carbocycles. The van der Waals surface area contributed by atoms with Crippen LogP contribution in [0.15, 0.2) is 152 Å². The van der Waals surface area contributed by atoms with Gasteiger partial charge < -0.3 is 9.80 Å². The minimum atomic E-state index is 0.104. The van der Waals surface area contributed by atoms with E-state index in [2.05, 4.69) is 161 Å². The summed E-state index contributed by atoms with van der Waals surface area (Å²) in [5.41, 5.74) is 24.6. The molecule has 8 aliphatic rings. The molecule has 15 rings (SSSR count). The molecule has 2 heterocycles. The molecule has 6 aliphatic carbocycles. The van der Waals surface area contributed by atoms with E-state index in [9.17, 15) is 0 Å². The van der Waals surface area contributed by atoms with Crippen molar-refractivity contribution in [3.05, 3.63) is 174 Å². The van der Waals surface area contributed by atoms with Crippen LogP contribution in [-0.4, -0.2) is 6.71 Å². The molecule has 4 fully saturated rings. The Morgan fingerprint density at radius 1 is 0.424 bits per heavy atom. The number of anilines is 6. The van der Waals surface area contributed by atoms with Gasteiger partial charge in [-0.3, -0.25) is 0 Å². The molecule has 2 spiro atoms. The van der Waals surface area contributed by atoms with Gasteiger partial charge in [-0.15, -0.1) is 0 Å². The Balaban J connectivity index is 1.03. The van der Waals surface area contributed by atoms with Gasteiger partial charge in [-0.25, -0.2) is 0 Å². The first kappa shape index (κ1) is 32.1. The second-order valence-corrected chi connectivity index (χ2v) is 19.6. The molecule has 0 saturated heterocycles. The van der Waals surface area contributed by atoms with Crippen molar-refractivity contribution < 1.29 is 0 Å². The summed E-state index contributed by atoms with van der Waals surface area (Å²) in [6.45, 7) is 0.104. The quantitative estimate of drug-likeness (QED) is 0.162. The average Bonchev–Trinajstić information content (AvgIpc) is 4.17. The molecule has 2 nitrogen and oxygen atoms in total. The smallest absolute Gasteiger partial charge is 0.252 e. The lowest BCUT2D eigenvalue weighted by molar-refractivity contribution is 0.327. The van der Waals surface area contributed by atoms with Crippen LogP contribution >= 0.6 is 0 Å². The van der Waals surface area contributed by atoms with E-state index in [0.717, 1.165) is 23.7 Å². The highest BCUT2D eigenvalue weighted by molar-refractivity contribution is 7.01. The fraction of sp³-hybridized carbons (Fsp3) is 0.250. The maximum atomic E-state index is 2.69. The third-order valence-corrected chi connectivity index (χ3v) is 17.4. The first-order chi connectivity index (χ1) is 29.2. The molecule has 6 atom stereocenters. The third-order valence-electron chi connectivity index (χ3n) is 17.4. The van der Waals surface area contributed by atoms with E-state index >= 15 is 0 Å². The molecule has 2 aliphatic heterocycles. The van der Waals surface area contributed by atoms with Gasteiger partial charge in [-0.05, 0) is 172 Å². The number of rotatable bonds is 2. The molecular formula is C56H45BN2. The number of hydrogen-bond acceptors (Lipinski definition) is 2. The molecule has 4 saturated carbocycles. The monoisotopic (exact) mass is 756 g/mol. The molecule has 7 aromatic rings. The third kappa shape index (κ3) is 3.75. The first-order valence-corrected chi connectivity index (χ1v) is 22.6. The predicted molar refractivity (Wildman–Crippen MR) is 244 cm³/mol. The van der Waals surface area contributed by atoms with E-state index in [-0.39, 0.29) is 17.5 Å². The van der Waals surface area contributed by atoms with Gasteiger partial charge in [0.2, 0.25) is 0 Å². The Kier molecular flexibility index (Phi) is 6.02. The van der Waals surface area contributed by atoms with Gasteiger partial charge in [0.25, 0.3) is 6.71 Å². The zero-order chi connectivity index (χ0) is 38.2. The largest absolute Gasteiger partial charge is 0.311 e. The summed E-state index contributed by atoms with van der Waals surface area (Å²) >= 11 is 0. The molecule has 3 heteroatoms. The highest BCUT2D eigenvalue weighted by atomic mass is 15.2. The van der Waals surface area contributed by atoms with Crippen molar-refractivity contribution in [1.29, 1.82) is 0 Å². The van der Waals surface area contributed by atoms with Crippen LogP contribution in [-0.2, 0) is 10.8 Å². The van der Waals surface area contributed by atoms with E-state index in [1.165, 1.54) is 124 Å². The summed E-state index contributed by atoms with van der Waals surface area (Å²) in [5, 5.41) is 0. The van der Waals surface area contributed by atoms with E-state index in [1.807, 2.05) is 0 Å². The van der Waals surface area contributed by atoms with E-state index in [4.69, 9.17) is 0 Å². The SMILES string of the molecule is c1ccc(N2c3ccccc3B3c4c2cccc4N(c2ccc4c(c2)-c2ccccc2[C@]42CC4CCC2C4)c2ccc4c(c23)-c2ccccc2[C@@]42CC3CCC2C3)cc1. The molecule has 0 N–H and O–H groups in total. The number of nitrogens with zero attached hydrogens (tertiary/aromatic N) is 2. The summed E-state index contributed by atoms with van der Waals surface area (Å²) in [6, 6.07) is 59.5. The van der Waals surface area contributed by atoms with Crippen LogP contribution in [0.2, 0.25) is 0 Å². The van der Waals surface area contributed by atoms with Crippen molar-refractivity contribution in [2.45, 2.75) is 62.2 Å². The normalized spacial score (nSPS) is 27.5. The second-order valence-electron chi connectivity index (χ2n) is 19.6. The van der Waals surface area contributed by atoms with Crippen LogP contribution in [0.4, 0.5) is 34.1 Å². The van der Waals surface area contributed by atoms with E-state index in [1.54, 1.807) is 22.3 Å². The van der Waals surface area contributed by atoms with Crippen LogP contribution in [0, 0.1) is 23.7 Å². The average molecular weight is 757 g/mol. The summed E-state index contributed by atoms with van der Waals surface area (Å²) in [5.74, 6) is 3.17. The zero-order valence-corrected chi connectivity index (χ0v) is 33.4. The van der Waals surface area contributed by atoms with Gasteiger partial charge in [0, 0.05) is 45.0 Å². The maximum Gasteiger partial charge on any atom is 0.252 e. The van der Waals surface area contributed by atoms with Gasteiger partial charge in [-0.1, -0.05) is 116 Å². The highest BCUT2D eigenvalue weighted by Crippen LogP contribution is 2.68. The van der Waals surface area contributed by atoms with Crippen molar-refractivity contribution >= 4 is 57.2 Å². The Hall–Kier alpha value is -5.80. The van der Waals surface area contributed by atoms with Crippen molar-refractivity contribution in [1.82, 2.24) is 0 Å². The van der Waals surface area contributed by atoms with Crippen molar-refractivity contribution in [3.63, 3.8) is 0 Å². The van der Waals surface area contributed by atoms with E-state index in [0.29, 0.717) is 0 Å². The van der Waals surface area contributed by atoms with Gasteiger partial charge in [-0.2, -0.15) is 0 Å². The van der Waals surface area contributed by atoms with Crippen LogP contribution in [0.1, 0.15) is 73.6 Å². The van der Waals surface area contributed by atoms with Gasteiger partial charge >= 0.3 is 0 Å². The van der Waals surface area contributed by atoms with E-state index < -0.39 is 0 Å². The summed E-state index contributed by atoms with van der Waals surface area (Å²) in [7, 11) is 0. The van der Waals surface area contributed by atoms with Crippen molar-refractivity contribution in [2.75, 3.05) is 9.80 Å². The molecule has 59 heavy (non-hydrogen) atoms. The summed E-state index contributed by atoms with van der Waals surface area (Å²) < 4.78 is 0. The van der Waals surface area contributed by atoms with Crippen LogP contribution in [0.25, 0.3) is 22.3 Å². The molecular weight excluding hydrogens is 711 g/mol. The molecule has 0 radical (unpaired) electrons. The number of fused-ring (bicyclic) bond motifs is 21. The van der Waals surface area contributed by atoms with Gasteiger partial charge in [0.1, 0.15) is 0 Å². The van der Waals surface area contributed by atoms with Gasteiger partial charge in [0.05, 0.1) is 0 Å². The fourth-order valence-electron chi connectivity index (χ4n) is 15.5. The van der Waals surface area contributed by atoms with Crippen LogP contribution in [0.3, 0.4) is 0 Å². The first-order valence-electron chi connectivity index (χ1n) is 22.6. The number of hydrogen-bond donors (Lipinski definition) is 0. The second kappa shape index (κ2) is 11.1. The summed E-state index contributed by atoms with van der Waals surface area (Å²) in [4.78, 5) is 5.23. The number of para-hydroxylation sites is 2. The zero-order valence-electron chi connectivity index (χ0n) is 33.4. The van der Waals surface area contributed by atoms with Crippen molar-refractivity contribution in [3.8, 4) is 22.3 Å². The lowest BCUT2D eigenvalue weighted by Crippen LogP contribution is -2.62. The van der Waals surface area contributed by atoms with Crippen molar-refractivity contribution in [2.24, 2.45) is 23.7 Å². The molecule has 4 bridgehead atoms. The Labute approximate surface area is 347 Å².